The summed E-state index contributed by atoms with van der Waals surface area (Å²) in [5.41, 5.74) is 0.805. The Morgan fingerprint density at radius 2 is 1.74 bits per heavy atom. The van der Waals surface area contributed by atoms with Crippen LogP contribution in [0.25, 0.3) is 10.9 Å². The van der Waals surface area contributed by atoms with Crippen molar-refractivity contribution >= 4 is 22.4 Å². The molecule has 3 aromatic rings. The van der Waals surface area contributed by atoms with E-state index in [2.05, 4.69) is 15.3 Å². The molecule has 0 atom stereocenters. The third kappa shape index (κ3) is 3.69. The van der Waals surface area contributed by atoms with Gasteiger partial charge in [-0.3, -0.25) is 0 Å². The van der Waals surface area contributed by atoms with E-state index in [1.54, 1.807) is 18.2 Å². The van der Waals surface area contributed by atoms with Crippen LogP contribution in [0.15, 0.2) is 36.4 Å². The Morgan fingerprint density at radius 3 is 2.37 bits per heavy atom. The first-order chi connectivity index (χ1) is 12.9. The van der Waals surface area contributed by atoms with Crippen molar-refractivity contribution in [3.63, 3.8) is 0 Å². The minimum Gasteiger partial charge on any atom is -0.493 e. The van der Waals surface area contributed by atoms with Gasteiger partial charge in [0.15, 0.2) is 11.5 Å². The van der Waals surface area contributed by atoms with Crippen molar-refractivity contribution in [3.05, 3.63) is 47.8 Å². The zero-order valence-electron chi connectivity index (χ0n) is 14.3. The molecule has 0 radical (unpaired) electrons. The lowest BCUT2D eigenvalue weighted by Gasteiger charge is -2.15. The average Bonchev–Trinajstić information content (AvgIpc) is 2.66. The number of nitriles is 1. The molecule has 0 aliphatic heterocycles. The molecule has 2 aromatic carbocycles. The predicted octanol–water partition coefficient (Wildman–Crippen LogP) is 4.28. The van der Waals surface area contributed by atoms with Crippen LogP contribution in [0.3, 0.4) is 0 Å². The van der Waals surface area contributed by atoms with Crippen LogP contribution in [0.4, 0.5) is 24.7 Å². The summed E-state index contributed by atoms with van der Waals surface area (Å²) in [6.45, 7) is 0. The van der Waals surface area contributed by atoms with Crippen molar-refractivity contribution in [1.82, 2.24) is 9.97 Å². The first-order valence-electron chi connectivity index (χ1n) is 7.64. The van der Waals surface area contributed by atoms with E-state index in [1.807, 2.05) is 6.07 Å². The Labute approximate surface area is 152 Å². The summed E-state index contributed by atoms with van der Waals surface area (Å²) in [6, 6.07) is 11.1. The van der Waals surface area contributed by atoms with Gasteiger partial charge in [0.05, 0.1) is 31.4 Å². The van der Waals surface area contributed by atoms with E-state index in [0.717, 1.165) is 0 Å². The highest BCUT2D eigenvalue weighted by molar-refractivity contribution is 5.93. The van der Waals surface area contributed by atoms with Gasteiger partial charge in [-0.05, 0) is 24.3 Å². The van der Waals surface area contributed by atoms with Crippen molar-refractivity contribution < 1.29 is 22.6 Å². The second kappa shape index (κ2) is 6.99. The number of methoxy groups -OCH3 is 2. The number of benzene rings is 2. The van der Waals surface area contributed by atoms with Crippen LogP contribution in [0.5, 0.6) is 11.5 Å². The maximum absolute atomic E-state index is 13.2. The van der Waals surface area contributed by atoms with Gasteiger partial charge in [-0.15, -0.1) is 0 Å². The lowest BCUT2D eigenvalue weighted by molar-refractivity contribution is -0.144. The van der Waals surface area contributed by atoms with Crippen LogP contribution in [0.2, 0.25) is 0 Å². The number of alkyl halides is 3. The summed E-state index contributed by atoms with van der Waals surface area (Å²) in [7, 11) is 2.79. The molecule has 6 nitrogen and oxygen atoms in total. The van der Waals surface area contributed by atoms with E-state index < -0.39 is 12.0 Å². The first kappa shape index (κ1) is 18.3. The summed E-state index contributed by atoms with van der Waals surface area (Å²) in [5, 5.41) is 12.1. The maximum atomic E-state index is 13.2. The molecule has 9 heteroatoms. The number of hydrogen-bond acceptors (Lipinski definition) is 6. The molecule has 0 fully saturated rings. The molecule has 0 aliphatic rings. The quantitative estimate of drug-likeness (QED) is 0.734. The minimum absolute atomic E-state index is 0.0360. The zero-order valence-corrected chi connectivity index (χ0v) is 14.3. The SMILES string of the molecule is COc1cc2nc(C(F)(F)F)nc(Nc3cccc(C#N)c3)c2cc1OC. The highest BCUT2D eigenvalue weighted by atomic mass is 19.4. The zero-order chi connectivity index (χ0) is 19.6. The third-order valence-corrected chi connectivity index (χ3v) is 3.71. The molecule has 1 N–H and O–H groups in total. The van der Waals surface area contributed by atoms with E-state index in [9.17, 15) is 13.2 Å². The molecule has 3 rings (SSSR count). The van der Waals surface area contributed by atoms with Gasteiger partial charge >= 0.3 is 6.18 Å². The van der Waals surface area contributed by atoms with Crippen molar-refractivity contribution in [3.8, 4) is 17.6 Å². The Bertz CT molecular complexity index is 1050. The standard InChI is InChI=1S/C18H13F3N4O2/c1-26-14-7-12-13(8-15(14)27-2)24-17(18(19,20)21)25-16(12)23-11-5-3-4-10(6-11)9-22/h3-8H,1-2H3,(H,23,24,25). The van der Waals surface area contributed by atoms with Gasteiger partial charge in [-0.1, -0.05) is 6.07 Å². The summed E-state index contributed by atoms with van der Waals surface area (Å²) in [6.07, 6.45) is -4.73. The molecule has 27 heavy (non-hydrogen) atoms. The number of rotatable bonds is 4. The summed E-state index contributed by atoms with van der Waals surface area (Å²) < 4.78 is 50.0. The van der Waals surface area contributed by atoms with Crippen molar-refractivity contribution in [2.45, 2.75) is 6.18 Å². The number of fused-ring (bicyclic) bond motifs is 1. The lowest BCUT2D eigenvalue weighted by atomic mass is 10.2. The molecule has 0 saturated carbocycles. The molecular weight excluding hydrogens is 361 g/mol. The molecule has 0 saturated heterocycles. The smallest absolute Gasteiger partial charge is 0.451 e. The van der Waals surface area contributed by atoms with Crippen molar-refractivity contribution in [2.24, 2.45) is 0 Å². The number of hydrogen-bond donors (Lipinski definition) is 1. The van der Waals surface area contributed by atoms with Gasteiger partial charge in [0.25, 0.3) is 0 Å². The minimum atomic E-state index is -4.73. The van der Waals surface area contributed by atoms with Crippen LogP contribution in [-0.4, -0.2) is 24.2 Å². The van der Waals surface area contributed by atoms with E-state index in [-0.39, 0.29) is 17.1 Å². The fourth-order valence-electron chi connectivity index (χ4n) is 2.48. The molecule has 1 heterocycles. The highest BCUT2D eigenvalue weighted by Gasteiger charge is 2.35. The first-order valence-corrected chi connectivity index (χ1v) is 7.64. The second-order valence-corrected chi connectivity index (χ2v) is 5.44. The lowest BCUT2D eigenvalue weighted by Crippen LogP contribution is -2.13. The molecule has 0 amide bonds. The Morgan fingerprint density at radius 1 is 1.04 bits per heavy atom. The highest BCUT2D eigenvalue weighted by Crippen LogP contribution is 2.37. The van der Waals surface area contributed by atoms with Gasteiger partial charge in [-0.2, -0.15) is 18.4 Å². The number of aromatic nitrogens is 2. The van der Waals surface area contributed by atoms with Crippen LogP contribution < -0.4 is 14.8 Å². The van der Waals surface area contributed by atoms with E-state index in [0.29, 0.717) is 22.4 Å². The molecule has 0 bridgehead atoms. The molecule has 0 unspecified atom stereocenters. The fourth-order valence-corrected chi connectivity index (χ4v) is 2.48. The average molecular weight is 374 g/mol. The fraction of sp³-hybridized carbons (Fsp3) is 0.167. The van der Waals surface area contributed by atoms with Crippen LogP contribution >= 0.6 is 0 Å². The molecule has 0 aliphatic carbocycles. The summed E-state index contributed by atoms with van der Waals surface area (Å²) in [4.78, 5) is 7.23. The van der Waals surface area contributed by atoms with Gasteiger partial charge in [0, 0.05) is 17.1 Å². The number of nitrogens with one attached hydrogen (secondary N) is 1. The van der Waals surface area contributed by atoms with Gasteiger partial charge < -0.3 is 14.8 Å². The molecule has 1 aromatic heterocycles. The summed E-state index contributed by atoms with van der Waals surface area (Å²) in [5.74, 6) is -0.791. The molecule has 0 spiro atoms. The van der Waals surface area contributed by atoms with Crippen LogP contribution in [0.1, 0.15) is 11.4 Å². The van der Waals surface area contributed by atoms with Gasteiger partial charge in [0.1, 0.15) is 5.82 Å². The Hall–Kier alpha value is -3.54. The third-order valence-electron chi connectivity index (χ3n) is 3.71. The largest absolute Gasteiger partial charge is 0.493 e. The second-order valence-electron chi connectivity index (χ2n) is 5.44. The monoisotopic (exact) mass is 374 g/mol. The van der Waals surface area contributed by atoms with E-state index >= 15 is 0 Å². The van der Waals surface area contributed by atoms with Crippen molar-refractivity contribution in [1.29, 1.82) is 5.26 Å². The van der Waals surface area contributed by atoms with E-state index in [4.69, 9.17) is 14.7 Å². The van der Waals surface area contributed by atoms with Crippen LogP contribution in [0, 0.1) is 11.3 Å². The normalized spacial score (nSPS) is 11.1. The molecule has 138 valence electrons. The Balaban J connectivity index is 2.22. The summed E-state index contributed by atoms with van der Waals surface area (Å²) >= 11 is 0. The number of halogens is 3. The topological polar surface area (TPSA) is 80.1 Å². The van der Waals surface area contributed by atoms with Crippen molar-refractivity contribution in [2.75, 3.05) is 19.5 Å². The van der Waals surface area contributed by atoms with E-state index in [1.165, 1.54) is 32.4 Å². The van der Waals surface area contributed by atoms with Gasteiger partial charge in [-0.25, -0.2) is 9.97 Å². The number of ether oxygens (including phenoxy) is 2. The number of nitrogens with zero attached hydrogens (tertiary/aromatic N) is 3. The number of anilines is 2. The molecular formula is C18H13F3N4O2. The predicted molar refractivity (Wildman–Crippen MR) is 92.1 cm³/mol. The van der Waals surface area contributed by atoms with Crippen LogP contribution in [-0.2, 0) is 6.18 Å². The maximum Gasteiger partial charge on any atom is 0.451 e. The van der Waals surface area contributed by atoms with Gasteiger partial charge in [0.2, 0.25) is 5.82 Å². The Kier molecular flexibility index (Phi) is 4.73.